The second-order valence-corrected chi connectivity index (χ2v) is 4.88. The van der Waals surface area contributed by atoms with E-state index in [1.54, 1.807) is 0 Å². The number of hydrogen-bond acceptors (Lipinski definition) is 2. The number of aliphatic hydroxyl groups is 1. The summed E-state index contributed by atoms with van der Waals surface area (Å²) in [6.45, 7) is 3.34. The van der Waals surface area contributed by atoms with E-state index in [9.17, 15) is 4.39 Å². The van der Waals surface area contributed by atoms with E-state index in [0.29, 0.717) is 5.92 Å². The summed E-state index contributed by atoms with van der Waals surface area (Å²) in [5.41, 5.74) is 1.16. The van der Waals surface area contributed by atoms with Crippen LogP contribution in [0, 0.1) is 11.7 Å². The van der Waals surface area contributed by atoms with Gasteiger partial charge in [0.15, 0.2) is 0 Å². The van der Waals surface area contributed by atoms with E-state index in [1.165, 1.54) is 25.0 Å². The van der Waals surface area contributed by atoms with Crippen LogP contribution in [0.1, 0.15) is 24.8 Å². The van der Waals surface area contributed by atoms with Crippen molar-refractivity contribution in [2.45, 2.75) is 25.8 Å². The molecule has 1 aromatic rings. The first-order chi connectivity index (χ1) is 8.28. The molecule has 0 saturated carbocycles. The Morgan fingerprint density at radius 1 is 1.29 bits per heavy atom. The smallest absolute Gasteiger partial charge is 0.123 e. The summed E-state index contributed by atoms with van der Waals surface area (Å²) in [4.78, 5) is 2.40. The SMILES string of the molecule is OCCC1CCCN(Cc2ccc(F)cc2)C1. The van der Waals surface area contributed by atoms with E-state index in [0.717, 1.165) is 31.6 Å². The quantitative estimate of drug-likeness (QED) is 0.869. The van der Waals surface area contributed by atoms with Gasteiger partial charge in [0.25, 0.3) is 0 Å². The van der Waals surface area contributed by atoms with Crippen LogP contribution >= 0.6 is 0 Å². The monoisotopic (exact) mass is 237 g/mol. The Morgan fingerprint density at radius 2 is 2.06 bits per heavy atom. The summed E-state index contributed by atoms with van der Waals surface area (Å²) in [5.74, 6) is 0.444. The maximum absolute atomic E-state index is 12.8. The zero-order chi connectivity index (χ0) is 12.1. The summed E-state index contributed by atoms with van der Waals surface area (Å²) >= 11 is 0. The molecule has 1 aliphatic heterocycles. The topological polar surface area (TPSA) is 23.5 Å². The van der Waals surface area contributed by atoms with Gasteiger partial charge in [0.1, 0.15) is 5.82 Å². The lowest BCUT2D eigenvalue weighted by atomic mass is 9.95. The molecular formula is C14H20FNO. The fourth-order valence-electron chi connectivity index (χ4n) is 2.56. The number of hydrogen-bond donors (Lipinski definition) is 1. The molecule has 1 aliphatic rings. The molecule has 94 valence electrons. The predicted octanol–water partition coefficient (Wildman–Crippen LogP) is 2.42. The molecule has 2 nitrogen and oxygen atoms in total. The zero-order valence-electron chi connectivity index (χ0n) is 10.1. The van der Waals surface area contributed by atoms with Crippen LogP contribution in [0.15, 0.2) is 24.3 Å². The molecule has 1 saturated heterocycles. The predicted molar refractivity (Wildman–Crippen MR) is 66.1 cm³/mol. The highest BCUT2D eigenvalue weighted by Crippen LogP contribution is 2.20. The number of halogens is 1. The maximum Gasteiger partial charge on any atom is 0.123 e. The molecule has 1 atom stereocenters. The maximum atomic E-state index is 12.8. The number of rotatable bonds is 4. The minimum Gasteiger partial charge on any atom is -0.396 e. The molecule has 0 bridgehead atoms. The van der Waals surface area contributed by atoms with Crippen LogP contribution in [-0.4, -0.2) is 29.7 Å². The summed E-state index contributed by atoms with van der Waals surface area (Å²) in [6.07, 6.45) is 3.33. The molecule has 0 aromatic heterocycles. The van der Waals surface area contributed by atoms with Gasteiger partial charge in [-0.3, -0.25) is 4.90 Å². The Hall–Kier alpha value is -0.930. The van der Waals surface area contributed by atoms with E-state index in [4.69, 9.17) is 5.11 Å². The van der Waals surface area contributed by atoms with E-state index in [2.05, 4.69) is 4.90 Å². The van der Waals surface area contributed by atoms with Gasteiger partial charge >= 0.3 is 0 Å². The van der Waals surface area contributed by atoms with Crippen molar-refractivity contribution in [2.24, 2.45) is 5.92 Å². The zero-order valence-corrected chi connectivity index (χ0v) is 10.1. The Morgan fingerprint density at radius 3 is 2.76 bits per heavy atom. The van der Waals surface area contributed by atoms with Crippen LogP contribution < -0.4 is 0 Å². The largest absolute Gasteiger partial charge is 0.396 e. The van der Waals surface area contributed by atoms with Crippen LogP contribution in [0.2, 0.25) is 0 Å². The highest BCUT2D eigenvalue weighted by atomic mass is 19.1. The fourth-order valence-corrected chi connectivity index (χ4v) is 2.56. The van der Waals surface area contributed by atoms with Crippen molar-refractivity contribution >= 4 is 0 Å². The number of nitrogens with zero attached hydrogens (tertiary/aromatic N) is 1. The van der Waals surface area contributed by atoms with E-state index >= 15 is 0 Å². The average molecular weight is 237 g/mol. The third-order valence-corrected chi connectivity index (χ3v) is 3.46. The van der Waals surface area contributed by atoms with E-state index in [-0.39, 0.29) is 12.4 Å². The molecule has 0 radical (unpaired) electrons. The molecule has 1 N–H and O–H groups in total. The van der Waals surface area contributed by atoms with Gasteiger partial charge in [-0.1, -0.05) is 12.1 Å². The normalized spacial score (nSPS) is 21.6. The fraction of sp³-hybridized carbons (Fsp3) is 0.571. The van der Waals surface area contributed by atoms with Crippen molar-refractivity contribution < 1.29 is 9.50 Å². The molecule has 3 heteroatoms. The minimum absolute atomic E-state index is 0.175. The Bertz CT molecular complexity index is 337. The van der Waals surface area contributed by atoms with Gasteiger partial charge < -0.3 is 5.11 Å². The molecule has 17 heavy (non-hydrogen) atoms. The van der Waals surface area contributed by atoms with Crippen LogP contribution in [0.25, 0.3) is 0 Å². The van der Waals surface area contributed by atoms with Gasteiger partial charge in [0, 0.05) is 19.7 Å². The molecule has 0 amide bonds. The van der Waals surface area contributed by atoms with Crippen LogP contribution in [-0.2, 0) is 6.54 Å². The Balaban J connectivity index is 1.87. The first kappa shape index (κ1) is 12.5. The lowest BCUT2D eigenvalue weighted by Crippen LogP contribution is -2.35. The van der Waals surface area contributed by atoms with Gasteiger partial charge in [-0.2, -0.15) is 0 Å². The van der Waals surface area contributed by atoms with Crippen LogP contribution in [0.5, 0.6) is 0 Å². The number of likely N-dealkylation sites (tertiary alicyclic amines) is 1. The first-order valence-corrected chi connectivity index (χ1v) is 6.35. The highest BCUT2D eigenvalue weighted by molar-refractivity contribution is 5.15. The van der Waals surface area contributed by atoms with Gasteiger partial charge in [-0.15, -0.1) is 0 Å². The highest BCUT2D eigenvalue weighted by Gasteiger charge is 2.19. The molecule has 2 rings (SSSR count). The van der Waals surface area contributed by atoms with Crippen LogP contribution in [0.3, 0.4) is 0 Å². The molecule has 0 aliphatic carbocycles. The molecule has 1 unspecified atom stereocenters. The van der Waals surface area contributed by atoms with Gasteiger partial charge in [0.05, 0.1) is 0 Å². The number of piperidine rings is 1. The Kier molecular flexibility index (Phi) is 4.51. The van der Waals surface area contributed by atoms with Crippen molar-refractivity contribution in [3.05, 3.63) is 35.6 Å². The van der Waals surface area contributed by atoms with Crippen molar-refractivity contribution in [2.75, 3.05) is 19.7 Å². The summed E-state index contributed by atoms with van der Waals surface area (Å²) in [5, 5.41) is 8.96. The third-order valence-electron chi connectivity index (χ3n) is 3.46. The number of aliphatic hydroxyl groups excluding tert-OH is 1. The standard InChI is InChI=1S/C14H20FNO/c15-14-5-3-13(4-6-14)11-16-8-1-2-12(10-16)7-9-17/h3-6,12,17H,1-2,7-11H2. The Labute approximate surface area is 102 Å². The van der Waals surface area contributed by atoms with Crippen molar-refractivity contribution in [3.63, 3.8) is 0 Å². The third kappa shape index (κ3) is 3.79. The van der Waals surface area contributed by atoms with Gasteiger partial charge in [-0.25, -0.2) is 4.39 Å². The van der Waals surface area contributed by atoms with Gasteiger partial charge in [0.2, 0.25) is 0 Å². The van der Waals surface area contributed by atoms with Crippen molar-refractivity contribution in [1.82, 2.24) is 4.90 Å². The molecule has 1 fully saturated rings. The first-order valence-electron chi connectivity index (χ1n) is 6.35. The van der Waals surface area contributed by atoms with E-state index < -0.39 is 0 Å². The number of benzene rings is 1. The molecular weight excluding hydrogens is 217 g/mol. The lowest BCUT2D eigenvalue weighted by molar-refractivity contribution is 0.142. The molecule has 0 spiro atoms. The van der Waals surface area contributed by atoms with Crippen LogP contribution in [0.4, 0.5) is 4.39 Å². The average Bonchev–Trinajstić information content (AvgIpc) is 2.33. The molecule has 1 aromatic carbocycles. The van der Waals surface area contributed by atoms with E-state index in [1.807, 2.05) is 12.1 Å². The summed E-state index contributed by atoms with van der Waals surface area (Å²) in [7, 11) is 0. The lowest BCUT2D eigenvalue weighted by Gasteiger charge is -2.32. The second kappa shape index (κ2) is 6.12. The minimum atomic E-state index is -0.175. The summed E-state index contributed by atoms with van der Waals surface area (Å²) in [6, 6.07) is 6.74. The molecule has 1 heterocycles. The second-order valence-electron chi connectivity index (χ2n) is 4.88. The van der Waals surface area contributed by atoms with Gasteiger partial charge in [-0.05, 0) is 49.4 Å². The summed E-state index contributed by atoms with van der Waals surface area (Å²) < 4.78 is 12.8. The van der Waals surface area contributed by atoms with Crippen molar-refractivity contribution in [1.29, 1.82) is 0 Å². The van der Waals surface area contributed by atoms with Crippen molar-refractivity contribution in [3.8, 4) is 0 Å².